The Morgan fingerprint density at radius 3 is 2.39 bits per heavy atom. The second kappa shape index (κ2) is 10.5. The fourth-order valence-electron chi connectivity index (χ4n) is 2.05. The predicted octanol–water partition coefficient (Wildman–Crippen LogP) is 4.77. The molecule has 1 unspecified atom stereocenters. The summed E-state index contributed by atoms with van der Waals surface area (Å²) in [4.78, 5) is 29.4. The molecule has 0 heterocycles. The Morgan fingerprint density at radius 2 is 1.79 bits per heavy atom. The van der Waals surface area contributed by atoms with Gasteiger partial charge in [-0.2, -0.15) is 0 Å². The van der Waals surface area contributed by atoms with Crippen molar-refractivity contribution in [1.29, 1.82) is 0 Å². The summed E-state index contributed by atoms with van der Waals surface area (Å²) in [5.41, 5.74) is 0.673. The first-order valence-corrected chi connectivity index (χ1v) is 9.26. The number of carbonyl (C=O) groups excluding carboxylic acids is 2. The van der Waals surface area contributed by atoms with E-state index in [4.69, 9.17) is 51.2 Å². The number of nitrogens with zero attached hydrogens (tertiary/aromatic N) is 1. The summed E-state index contributed by atoms with van der Waals surface area (Å²) >= 11 is 23.9. The summed E-state index contributed by atoms with van der Waals surface area (Å²) in [6.07, 6.45) is 1.08. The fourth-order valence-corrected chi connectivity index (χ4v) is 3.05. The number of oxime groups is 1. The van der Waals surface area contributed by atoms with Crippen LogP contribution in [0.3, 0.4) is 0 Å². The van der Waals surface area contributed by atoms with Crippen molar-refractivity contribution in [2.24, 2.45) is 5.16 Å². The van der Waals surface area contributed by atoms with E-state index in [1.165, 1.54) is 25.3 Å². The van der Waals surface area contributed by atoms with Crippen molar-refractivity contribution < 1.29 is 19.2 Å². The summed E-state index contributed by atoms with van der Waals surface area (Å²) < 4.78 is 4.66. The second-order valence-corrected chi connectivity index (χ2v) is 6.98. The molecule has 0 aliphatic rings. The number of halogens is 4. The van der Waals surface area contributed by atoms with Crippen molar-refractivity contribution in [1.82, 2.24) is 5.32 Å². The highest BCUT2D eigenvalue weighted by atomic mass is 35.5. The lowest BCUT2D eigenvalue weighted by atomic mass is 10.2. The van der Waals surface area contributed by atoms with E-state index in [0.29, 0.717) is 20.6 Å². The fraction of sp³-hybridized carbons (Fsp3) is 0.167. The zero-order valence-corrected chi connectivity index (χ0v) is 17.4. The summed E-state index contributed by atoms with van der Waals surface area (Å²) in [7, 11) is 1.18. The third-order valence-electron chi connectivity index (χ3n) is 3.47. The number of esters is 1. The molecule has 0 aromatic heterocycles. The number of amides is 1. The van der Waals surface area contributed by atoms with Crippen molar-refractivity contribution in [3.8, 4) is 0 Å². The molecule has 148 valence electrons. The van der Waals surface area contributed by atoms with Crippen LogP contribution in [0.4, 0.5) is 0 Å². The van der Waals surface area contributed by atoms with Gasteiger partial charge in [-0.1, -0.05) is 57.6 Å². The van der Waals surface area contributed by atoms with E-state index in [0.717, 1.165) is 6.21 Å². The molecule has 0 bridgehead atoms. The van der Waals surface area contributed by atoms with Crippen LogP contribution in [0.1, 0.15) is 15.9 Å². The van der Waals surface area contributed by atoms with Crippen molar-refractivity contribution in [2.75, 3.05) is 7.11 Å². The Kier molecular flexibility index (Phi) is 8.38. The maximum absolute atomic E-state index is 12.4. The van der Waals surface area contributed by atoms with Crippen LogP contribution < -0.4 is 5.32 Å². The van der Waals surface area contributed by atoms with Gasteiger partial charge in [0.25, 0.3) is 5.91 Å². The number of nitrogens with one attached hydrogen (secondary N) is 1. The van der Waals surface area contributed by atoms with Gasteiger partial charge in [0, 0.05) is 20.6 Å². The number of carbonyl (C=O) groups is 2. The Balaban J connectivity index is 2.06. The summed E-state index contributed by atoms with van der Waals surface area (Å²) in [5, 5.41) is 7.47. The van der Waals surface area contributed by atoms with Crippen molar-refractivity contribution >= 4 is 64.5 Å². The number of hydrogen-bond donors (Lipinski definition) is 1. The zero-order valence-electron chi connectivity index (χ0n) is 14.4. The summed E-state index contributed by atoms with van der Waals surface area (Å²) in [6, 6.07) is 8.15. The number of ether oxygens (including phenoxy) is 1. The van der Waals surface area contributed by atoms with E-state index in [-0.39, 0.29) is 17.2 Å². The van der Waals surface area contributed by atoms with Gasteiger partial charge in [-0.3, -0.25) is 4.79 Å². The molecule has 0 saturated carbocycles. The molecular formula is C18H14Cl4N2O4. The number of hydrogen-bond acceptors (Lipinski definition) is 5. The number of methoxy groups -OCH3 is 1. The molecule has 0 saturated heterocycles. The van der Waals surface area contributed by atoms with Gasteiger partial charge in [0.2, 0.25) is 0 Å². The van der Waals surface area contributed by atoms with E-state index in [1.807, 2.05) is 0 Å². The zero-order chi connectivity index (χ0) is 20.7. The molecule has 1 atom stereocenters. The average Bonchev–Trinajstić information content (AvgIpc) is 2.65. The lowest BCUT2D eigenvalue weighted by molar-refractivity contribution is -0.140. The van der Waals surface area contributed by atoms with Gasteiger partial charge < -0.3 is 14.9 Å². The molecule has 0 fully saturated rings. The van der Waals surface area contributed by atoms with Crippen molar-refractivity contribution in [3.05, 3.63) is 67.6 Å². The summed E-state index contributed by atoms with van der Waals surface area (Å²) in [5.74, 6) is -1.36. The average molecular weight is 464 g/mol. The first kappa shape index (κ1) is 22.3. The van der Waals surface area contributed by atoms with E-state index >= 15 is 0 Å². The molecule has 0 aliphatic heterocycles. The normalized spacial score (nSPS) is 11.9. The van der Waals surface area contributed by atoms with E-state index in [9.17, 15) is 9.59 Å². The largest absolute Gasteiger partial charge is 0.467 e. The minimum Gasteiger partial charge on any atom is -0.467 e. The Morgan fingerprint density at radius 1 is 1.11 bits per heavy atom. The van der Waals surface area contributed by atoms with Crippen LogP contribution in [0, 0.1) is 0 Å². The molecule has 2 aromatic rings. The first-order valence-electron chi connectivity index (χ1n) is 7.75. The predicted molar refractivity (Wildman–Crippen MR) is 109 cm³/mol. The number of benzene rings is 2. The maximum Gasteiger partial charge on any atom is 0.334 e. The second-order valence-electron chi connectivity index (χ2n) is 5.33. The first-order chi connectivity index (χ1) is 13.3. The molecule has 10 heteroatoms. The van der Waals surface area contributed by atoms with Gasteiger partial charge in [-0.15, -0.1) is 0 Å². The van der Waals surface area contributed by atoms with Gasteiger partial charge in [0.15, 0.2) is 6.04 Å². The van der Waals surface area contributed by atoms with Crippen LogP contribution in [0.15, 0.2) is 41.6 Å². The SMILES string of the molecule is COC(=O)C(/C=N/OCc1c(Cl)cccc1Cl)NC(=O)c1ccc(Cl)cc1Cl. The Labute approximate surface area is 181 Å². The molecule has 1 N–H and O–H groups in total. The van der Waals surface area contributed by atoms with E-state index in [1.54, 1.807) is 18.2 Å². The molecule has 6 nitrogen and oxygen atoms in total. The molecule has 0 radical (unpaired) electrons. The van der Waals surface area contributed by atoms with Gasteiger partial charge in [-0.05, 0) is 30.3 Å². The third-order valence-corrected chi connectivity index (χ3v) is 4.73. The van der Waals surface area contributed by atoms with Crippen molar-refractivity contribution in [3.63, 3.8) is 0 Å². The smallest absolute Gasteiger partial charge is 0.334 e. The third kappa shape index (κ3) is 6.01. The highest BCUT2D eigenvalue weighted by molar-refractivity contribution is 6.37. The molecule has 0 spiro atoms. The van der Waals surface area contributed by atoms with Crippen LogP contribution >= 0.6 is 46.4 Å². The monoisotopic (exact) mass is 462 g/mol. The molecule has 1 amide bonds. The van der Waals surface area contributed by atoms with Gasteiger partial charge in [-0.25, -0.2) is 4.79 Å². The molecular weight excluding hydrogens is 450 g/mol. The minimum atomic E-state index is -1.20. The van der Waals surface area contributed by atoms with E-state index < -0.39 is 17.9 Å². The molecule has 28 heavy (non-hydrogen) atoms. The topological polar surface area (TPSA) is 77.0 Å². The van der Waals surface area contributed by atoms with Gasteiger partial charge in [0.1, 0.15) is 6.61 Å². The lowest BCUT2D eigenvalue weighted by Crippen LogP contribution is -2.42. The van der Waals surface area contributed by atoms with Crippen LogP contribution in [0.2, 0.25) is 20.1 Å². The molecule has 2 rings (SSSR count). The Bertz CT molecular complexity index is 885. The highest BCUT2D eigenvalue weighted by Gasteiger charge is 2.22. The molecule has 2 aromatic carbocycles. The van der Waals surface area contributed by atoms with Crippen LogP contribution in [-0.4, -0.2) is 31.2 Å². The van der Waals surface area contributed by atoms with E-state index in [2.05, 4.69) is 15.2 Å². The maximum atomic E-state index is 12.4. The lowest BCUT2D eigenvalue weighted by Gasteiger charge is -2.13. The minimum absolute atomic E-state index is 0.0279. The quantitative estimate of drug-likeness (QED) is 0.364. The van der Waals surface area contributed by atoms with Crippen LogP contribution in [0.5, 0.6) is 0 Å². The Hall–Kier alpha value is -1.99. The highest BCUT2D eigenvalue weighted by Crippen LogP contribution is 2.25. The van der Waals surface area contributed by atoms with Crippen LogP contribution in [-0.2, 0) is 21.0 Å². The standard InChI is InChI=1S/C18H14Cl4N2O4/c1-27-18(26)16(24-17(25)11-6-5-10(19)7-15(11)22)8-23-28-9-12-13(20)3-2-4-14(12)21/h2-8,16H,9H2,1H3,(H,24,25)/b23-8+. The number of rotatable bonds is 7. The molecule has 0 aliphatic carbocycles. The van der Waals surface area contributed by atoms with Gasteiger partial charge in [0.05, 0.1) is 23.9 Å². The van der Waals surface area contributed by atoms with Crippen molar-refractivity contribution in [2.45, 2.75) is 12.6 Å². The van der Waals surface area contributed by atoms with Crippen LogP contribution in [0.25, 0.3) is 0 Å². The summed E-state index contributed by atoms with van der Waals surface area (Å²) in [6.45, 7) is -0.0279. The van der Waals surface area contributed by atoms with Gasteiger partial charge >= 0.3 is 5.97 Å².